The predicted molar refractivity (Wildman–Crippen MR) is 124 cm³/mol. The van der Waals surface area contributed by atoms with Crippen LogP contribution in [0.3, 0.4) is 0 Å². The third-order valence-corrected chi connectivity index (χ3v) is 7.81. The fourth-order valence-corrected chi connectivity index (χ4v) is 5.14. The normalized spacial score (nSPS) is 12.6. The highest BCUT2D eigenvalue weighted by atomic mass is 32.2. The molecule has 0 aliphatic rings. The van der Waals surface area contributed by atoms with E-state index in [4.69, 9.17) is 4.42 Å². The van der Waals surface area contributed by atoms with Gasteiger partial charge in [-0.2, -0.15) is 4.31 Å². The van der Waals surface area contributed by atoms with E-state index < -0.39 is 10.0 Å². The Labute approximate surface area is 196 Å². The van der Waals surface area contributed by atoms with Crippen molar-refractivity contribution in [3.8, 4) is 11.5 Å². The Kier molecular flexibility index (Phi) is 8.22. The number of hydrogen-bond acceptors (Lipinski definition) is 7. The first-order chi connectivity index (χ1) is 15.7. The van der Waals surface area contributed by atoms with Gasteiger partial charge in [-0.15, -0.1) is 10.2 Å². The molecule has 1 atom stereocenters. The first-order valence-electron chi connectivity index (χ1n) is 10.4. The van der Waals surface area contributed by atoms with Gasteiger partial charge in [0.15, 0.2) is 0 Å². The van der Waals surface area contributed by atoms with Crippen molar-refractivity contribution in [2.45, 2.75) is 36.9 Å². The zero-order chi connectivity index (χ0) is 24.0. The molecule has 8 nitrogen and oxygen atoms in total. The molecular weight excluding hydrogens is 467 g/mol. The zero-order valence-electron chi connectivity index (χ0n) is 18.5. The summed E-state index contributed by atoms with van der Waals surface area (Å²) < 4.78 is 45.1. The number of nitrogens with one attached hydrogen (secondary N) is 1. The topological polar surface area (TPSA) is 105 Å². The van der Waals surface area contributed by atoms with E-state index in [1.54, 1.807) is 38.1 Å². The van der Waals surface area contributed by atoms with Gasteiger partial charge < -0.3 is 9.73 Å². The van der Waals surface area contributed by atoms with Gasteiger partial charge in [-0.05, 0) is 48.9 Å². The van der Waals surface area contributed by atoms with Crippen molar-refractivity contribution < 1.29 is 22.0 Å². The van der Waals surface area contributed by atoms with E-state index >= 15 is 0 Å². The first kappa shape index (κ1) is 24.9. The average Bonchev–Trinajstić information content (AvgIpc) is 3.28. The van der Waals surface area contributed by atoms with Crippen LogP contribution < -0.4 is 5.32 Å². The van der Waals surface area contributed by atoms with Gasteiger partial charge in [-0.3, -0.25) is 4.79 Å². The van der Waals surface area contributed by atoms with Gasteiger partial charge in [0.05, 0.1) is 16.7 Å². The number of amides is 1. The van der Waals surface area contributed by atoms with Crippen molar-refractivity contribution in [3.05, 3.63) is 59.9 Å². The molecule has 2 aromatic carbocycles. The van der Waals surface area contributed by atoms with Gasteiger partial charge in [0, 0.05) is 18.7 Å². The van der Waals surface area contributed by atoms with Crippen LogP contribution in [-0.4, -0.2) is 47.7 Å². The van der Waals surface area contributed by atoms with Gasteiger partial charge >= 0.3 is 0 Å². The number of rotatable bonds is 10. The van der Waals surface area contributed by atoms with Crippen molar-refractivity contribution >= 4 is 27.7 Å². The summed E-state index contributed by atoms with van der Waals surface area (Å²) in [6, 6.07) is 11.8. The fourth-order valence-electron chi connectivity index (χ4n) is 3.11. The minimum atomic E-state index is -3.53. The summed E-state index contributed by atoms with van der Waals surface area (Å²) in [4.78, 5) is 12.6. The lowest BCUT2D eigenvalue weighted by atomic mass is 10.1. The number of hydrogen-bond donors (Lipinski definition) is 1. The van der Waals surface area contributed by atoms with Gasteiger partial charge in [-0.25, -0.2) is 12.8 Å². The van der Waals surface area contributed by atoms with E-state index in [2.05, 4.69) is 15.5 Å². The maximum Gasteiger partial charge on any atom is 0.277 e. The Morgan fingerprint density at radius 3 is 2.33 bits per heavy atom. The lowest BCUT2D eigenvalue weighted by Gasteiger charge is -2.19. The lowest BCUT2D eigenvalue weighted by molar-refractivity contribution is -0.119. The summed E-state index contributed by atoms with van der Waals surface area (Å²) in [7, 11) is -3.53. The molecule has 176 valence electrons. The number of thioether (sulfide) groups is 1. The highest BCUT2D eigenvalue weighted by Gasteiger charge is 2.22. The number of halogens is 1. The first-order valence-corrected chi connectivity index (χ1v) is 12.8. The van der Waals surface area contributed by atoms with E-state index in [0.717, 1.165) is 17.3 Å². The number of carbonyl (C=O) groups is 1. The largest absolute Gasteiger partial charge is 0.411 e. The second-order valence-corrected chi connectivity index (χ2v) is 9.98. The number of benzene rings is 2. The van der Waals surface area contributed by atoms with Crippen molar-refractivity contribution in [2.75, 3.05) is 18.8 Å². The molecule has 0 aliphatic heterocycles. The summed E-state index contributed by atoms with van der Waals surface area (Å²) in [5, 5.41) is 10.9. The molecule has 0 fully saturated rings. The van der Waals surface area contributed by atoms with Crippen molar-refractivity contribution in [2.24, 2.45) is 0 Å². The molecule has 0 aliphatic carbocycles. The molecule has 33 heavy (non-hydrogen) atoms. The highest BCUT2D eigenvalue weighted by Crippen LogP contribution is 2.24. The predicted octanol–water partition coefficient (Wildman–Crippen LogP) is 3.88. The molecular formula is C22H25FN4O4S2. The van der Waals surface area contributed by atoms with Crippen LogP contribution in [0.1, 0.15) is 32.4 Å². The van der Waals surface area contributed by atoms with Crippen LogP contribution in [0.4, 0.5) is 4.39 Å². The summed E-state index contributed by atoms with van der Waals surface area (Å²) in [5.41, 5.74) is 1.36. The van der Waals surface area contributed by atoms with Crippen LogP contribution in [0.15, 0.2) is 63.1 Å². The third kappa shape index (κ3) is 6.18. The van der Waals surface area contributed by atoms with Gasteiger partial charge in [-0.1, -0.05) is 37.7 Å². The number of aromatic nitrogens is 2. The van der Waals surface area contributed by atoms with Crippen LogP contribution in [0.5, 0.6) is 0 Å². The second-order valence-electron chi connectivity index (χ2n) is 7.12. The average molecular weight is 493 g/mol. The summed E-state index contributed by atoms with van der Waals surface area (Å²) in [6.07, 6.45) is 0. The SMILES string of the molecule is CCN(CC)S(=O)(=O)c1ccc([C@H](C)NC(=O)CSc2nnc(-c3ccc(F)cc3)o2)cc1. The molecule has 3 rings (SSSR count). The second kappa shape index (κ2) is 10.9. The van der Waals surface area contributed by atoms with E-state index in [-0.39, 0.29) is 39.5 Å². The highest BCUT2D eigenvalue weighted by molar-refractivity contribution is 7.99. The van der Waals surface area contributed by atoms with Gasteiger partial charge in [0.1, 0.15) is 5.82 Å². The molecule has 0 saturated heterocycles. The number of sulfonamides is 1. The molecule has 1 heterocycles. The molecule has 1 amide bonds. The lowest BCUT2D eigenvalue weighted by Crippen LogP contribution is -2.30. The molecule has 3 aromatic rings. The summed E-state index contributed by atoms with van der Waals surface area (Å²) >= 11 is 1.09. The van der Waals surface area contributed by atoms with Crippen molar-refractivity contribution in [1.29, 1.82) is 0 Å². The molecule has 0 radical (unpaired) electrons. The fraction of sp³-hybridized carbons (Fsp3) is 0.318. The number of carbonyl (C=O) groups excluding carboxylic acids is 1. The maximum absolute atomic E-state index is 13.0. The van der Waals surface area contributed by atoms with Crippen LogP contribution in [0, 0.1) is 5.82 Å². The maximum atomic E-state index is 13.0. The Hall–Kier alpha value is -2.76. The van der Waals surface area contributed by atoms with Crippen LogP contribution >= 0.6 is 11.8 Å². The summed E-state index contributed by atoms with van der Waals surface area (Å²) in [5.74, 6) is -0.303. The molecule has 1 aromatic heterocycles. The molecule has 0 spiro atoms. The monoisotopic (exact) mass is 492 g/mol. The summed E-state index contributed by atoms with van der Waals surface area (Å²) in [6.45, 7) is 6.20. The molecule has 0 saturated carbocycles. The van der Waals surface area contributed by atoms with E-state index in [0.29, 0.717) is 18.7 Å². The Bertz CT molecular complexity index is 1180. The third-order valence-electron chi connectivity index (χ3n) is 4.93. The minimum absolute atomic E-state index is 0.0593. The molecule has 0 unspecified atom stereocenters. The van der Waals surface area contributed by atoms with Crippen LogP contribution in [0.25, 0.3) is 11.5 Å². The minimum Gasteiger partial charge on any atom is -0.411 e. The Balaban J connectivity index is 1.55. The standard InChI is InChI=1S/C22H25FN4O4S2/c1-4-27(5-2)33(29,30)19-12-8-16(9-13-19)15(3)24-20(28)14-32-22-26-25-21(31-22)17-6-10-18(23)11-7-17/h6-13,15H,4-5,14H2,1-3H3,(H,24,28)/t15-/m0/s1. The number of nitrogens with zero attached hydrogens (tertiary/aromatic N) is 3. The quantitative estimate of drug-likeness (QED) is 0.428. The van der Waals surface area contributed by atoms with E-state index in [9.17, 15) is 17.6 Å². The van der Waals surface area contributed by atoms with E-state index in [1.807, 2.05) is 6.92 Å². The van der Waals surface area contributed by atoms with Crippen LogP contribution in [-0.2, 0) is 14.8 Å². The molecule has 1 N–H and O–H groups in total. The Morgan fingerprint density at radius 1 is 1.09 bits per heavy atom. The molecule has 0 bridgehead atoms. The smallest absolute Gasteiger partial charge is 0.277 e. The van der Waals surface area contributed by atoms with Crippen molar-refractivity contribution in [3.63, 3.8) is 0 Å². The van der Waals surface area contributed by atoms with E-state index in [1.165, 1.54) is 28.6 Å². The molecule has 11 heteroatoms. The van der Waals surface area contributed by atoms with Gasteiger partial charge in [0.2, 0.25) is 21.8 Å². The van der Waals surface area contributed by atoms with Gasteiger partial charge in [0.25, 0.3) is 5.22 Å². The Morgan fingerprint density at radius 2 is 1.73 bits per heavy atom. The van der Waals surface area contributed by atoms with Crippen LogP contribution in [0.2, 0.25) is 0 Å². The zero-order valence-corrected chi connectivity index (χ0v) is 20.1. The van der Waals surface area contributed by atoms with Crippen molar-refractivity contribution in [1.82, 2.24) is 19.8 Å².